The Morgan fingerprint density at radius 3 is 2.87 bits per heavy atom. The van der Waals surface area contributed by atoms with Crippen molar-refractivity contribution in [3.05, 3.63) is 35.7 Å². The van der Waals surface area contributed by atoms with Crippen molar-refractivity contribution in [3.63, 3.8) is 0 Å². The molecule has 23 heavy (non-hydrogen) atoms. The first-order chi connectivity index (χ1) is 10.9. The zero-order valence-electron chi connectivity index (χ0n) is 12.3. The van der Waals surface area contributed by atoms with E-state index >= 15 is 0 Å². The van der Waals surface area contributed by atoms with Crippen LogP contribution in [0.1, 0.15) is 23.7 Å². The molecule has 0 spiro atoms. The van der Waals surface area contributed by atoms with Crippen LogP contribution in [-0.4, -0.2) is 33.2 Å². The van der Waals surface area contributed by atoms with Gasteiger partial charge in [0.1, 0.15) is 11.6 Å². The summed E-state index contributed by atoms with van der Waals surface area (Å²) in [6.45, 7) is 1.80. The van der Waals surface area contributed by atoms with E-state index in [-0.39, 0.29) is 18.1 Å². The number of aryl methyl sites for hydroxylation is 1. The van der Waals surface area contributed by atoms with Crippen LogP contribution in [0.25, 0.3) is 0 Å². The fourth-order valence-corrected chi connectivity index (χ4v) is 2.60. The van der Waals surface area contributed by atoms with Crippen LogP contribution < -0.4 is 15.9 Å². The molecule has 1 aliphatic rings. The Balaban J connectivity index is 1.91. The number of anilines is 1. The summed E-state index contributed by atoms with van der Waals surface area (Å²) >= 11 is 0. The molecule has 1 atom stereocenters. The second-order valence-electron chi connectivity index (χ2n) is 5.20. The van der Waals surface area contributed by atoms with E-state index in [1.807, 2.05) is 0 Å². The summed E-state index contributed by atoms with van der Waals surface area (Å²) < 4.78 is 10.9. The summed E-state index contributed by atoms with van der Waals surface area (Å²) in [6.07, 6.45) is 1.87. The summed E-state index contributed by atoms with van der Waals surface area (Å²) in [6, 6.07) is 3.33. The molecule has 0 saturated heterocycles. The second-order valence-corrected chi connectivity index (χ2v) is 5.20. The van der Waals surface area contributed by atoms with Crippen molar-refractivity contribution in [2.45, 2.75) is 19.4 Å². The normalized spacial score (nSPS) is 16.3. The Morgan fingerprint density at radius 2 is 2.22 bits per heavy atom. The number of hydrogen-bond donors (Lipinski definition) is 3. The minimum atomic E-state index is -1.19. The molecule has 4 N–H and O–H groups in total. The molecule has 1 aromatic carbocycles. The maximum absolute atomic E-state index is 10.9. The molecular weight excluding hydrogens is 301 g/mol. The monoisotopic (exact) mass is 315 g/mol. The molecule has 1 unspecified atom stereocenters. The fourth-order valence-electron chi connectivity index (χ4n) is 2.60. The Bertz CT molecular complexity index is 753. The summed E-state index contributed by atoms with van der Waals surface area (Å²) in [5, 5.41) is 18.9. The number of hydrogen-bond acceptors (Lipinski definition) is 7. The van der Waals surface area contributed by atoms with Crippen LogP contribution in [0, 0.1) is 6.92 Å². The number of rotatable bonds is 4. The Kier molecular flexibility index (Phi) is 3.89. The van der Waals surface area contributed by atoms with E-state index < -0.39 is 19.2 Å². The number of nitrogens with zero attached hydrogens (tertiary/aromatic N) is 2. The lowest BCUT2D eigenvalue weighted by molar-refractivity contribution is -0.138. The van der Waals surface area contributed by atoms with E-state index in [2.05, 4.69) is 9.97 Å². The largest absolute Gasteiger partial charge is 0.492 e. The summed E-state index contributed by atoms with van der Waals surface area (Å²) in [5.74, 6) is -0.0114. The van der Waals surface area contributed by atoms with Crippen LogP contribution in [0.15, 0.2) is 24.5 Å². The van der Waals surface area contributed by atoms with Gasteiger partial charge in [-0.05, 0) is 35.6 Å². The summed E-state index contributed by atoms with van der Waals surface area (Å²) in [4.78, 5) is 18.8. The molecule has 0 bridgehead atoms. The smallest absolute Gasteiger partial charge is 0.481 e. The van der Waals surface area contributed by atoms with Crippen molar-refractivity contribution in [1.29, 1.82) is 0 Å². The first-order valence-electron chi connectivity index (χ1n) is 6.89. The quantitative estimate of drug-likeness (QED) is 0.691. The van der Waals surface area contributed by atoms with E-state index in [4.69, 9.17) is 20.2 Å². The number of carboxylic acids is 1. The van der Waals surface area contributed by atoms with Crippen LogP contribution >= 0.6 is 0 Å². The highest BCUT2D eigenvalue weighted by Crippen LogP contribution is 2.32. The van der Waals surface area contributed by atoms with Crippen molar-refractivity contribution in [3.8, 4) is 11.6 Å². The molecule has 1 aromatic heterocycles. The summed E-state index contributed by atoms with van der Waals surface area (Å²) in [5.41, 5.74) is 7.40. The Hall–Kier alpha value is -2.65. The average Bonchev–Trinajstić information content (AvgIpc) is 2.77. The Morgan fingerprint density at radius 1 is 1.43 bits per heavy atom. The highest BCUT2D eigenvalue weighted by Gasteiger charge is 2.37. The third kappa shape index (κ3) is 3.10. The number of nitrogens with two attached hydrogens (primary N) is 1. The SMILES string of the molecule is Cc1cc(Oc2cnc(N)cn2)cc2c1C(CC(=O)O)OB2O. The van der Waals surface area contributed by atoms with Gasteiger partial charge in [0, 0.05) is 0 Å². The van der Waals surface area contributed by atoms with Crippen LogP contribution in [0.4, 0.5) is 5.82 Å². The van der Waals surface area contributed by atoms with Gasteiger partial charge >= 0.3 is 13.1 Å². The van der Waals surface area contributed by atoms with E-state index in [1.165, 1.54) is 12.4 Å². The van der Waals surface area contributed by atoms with Crippen molar-refractivity contribution in [1.82, 2.24) is 9.97 Å². The molecule has 8 nitrogen and oxygen atoms in total. The third-order valence-electron chi connectivity index (χ3n) is 3.50. The number of aromatic nitrogens is 2. The van der Waals surface area contributed by atoms with E-state index in [9.17, 15) is 9.82 Å². The minimum Gasteiger partial charge on any atom is -0.481 e. The molecule has 0 radical (unpaired) electrons. The molecule has 1 aliphatic heterocycles. The van der Waals surface area contributed by atoms with Crippen LogP contribution in [0.2, 0.25) is 0 Å². The van der Waals surface area contributed by atoms with Gasteiger partial charge in [0.25, 0.3) is 0 Å². The number of carboxylic acid groups (broad SMARTS) is 1. The van der Waals surface area contributed by atoms with Gasteiger partial charge in [0.15, 0.2) is 0 Å². The van der Waals surface area contributed by atoms with Gasteiger partial charge in [-0.3, -0.25) is 4.79 Å². The highest BCUT2D eigenvalue weighted by molar-refractivity contribution is 6.62. The first kappa shape index (κ1) is 15.3. The lowest BCUT2D eigenvalue weighted by atomic mass is 9.77. The zero-order valence-corrected chi connectivity index (χ0v) is 12.3. The van der Waals surface area contributed by atoms with E-state index in [0.717, 1.165) is 5.56 Å². The van der Waals surface area contributed by atoms with Crippen molar-refractivity contribution in [2.24, 2.45) is 0 Å². The lowest BCUT2D eigenvalue weighted by Crippen LogP contribution is -2.28. The molecule has 0 saturated carbocycles. The van der Waals surface area contributed by atoms with Gasteiger partial charge in [0.05, 0.1) is 24.9 Å². The third-order valence-corrected chi connectivity index (χ3v) is 3.50. The fraction of sp³-hybridized carbons (Fsp3) is 0.214. The predicted octanol–water partition coefficient (Wildman–Crippen LogP) is 0.393. The number of benzene rings is 1. The first-order valence-corrected chi connectivity index (χ1v) is 6.89. The minimum absolute atomic E-state index is 0.214. The maximum atomic E-state index is 10.9. The van der Waals surface area contributed by atoms with E-state index in [0.29, 0.717) is 16.8 Å². The molecule has 118 valence electrons. The predicted molar refractivity (Wildman–Crippen MR) is 81.4 cm³/mol. The number of carbonyl (C=O) groups is 1. The zero-order chi connectivity index (χ0) is 16.6. The average molecular weight is 315 g/mol. The van der Waals surface area contributed by atoms with Gasteiger partial charge in [0.2, 0.25) is 5.88 Å². The van der Waals surface area contributed by atoms with Gasteiger partial charge in [-0.2, -0.15) is 0 Å². The maximum Gasteiger partial charge on any atom is 0.492 e. The van der Waals surface area contributed by atoms with Crippen molar-refractivity contribution >= 4 is 24.4 Å². The molecule has 0 fully saturated rings. The van der Waals surface area contributed by atoms with E-state index in [1.54, 1.807) is 19.1 Å². The lowest BCUT2D eigenvalue weighted by Gasteiger charge is -2.13. The molecule has 3 rings (SSSR count). The second kappa shape index (κ2) is 5.86. The molecule has 0 aliphatic carbocycles. The number of aliphatic carboxylic acids is 1. The Labute approximate surface area is 132 Å². The molecule has 0 amide bonds. The molecule has 9 heteroatoms. The number of nitrogen functional groups attached to an aromatic ring is 1. The van der Waals surface area contributed by atoms with Gasteiger partial charge in [-0.25, -0.2) is 9.97 Å². The van der Waals surface area contributed by atoms with Crippen LogP contribution in [-0.2, 0) is 9.45 Å². The molecule has 2 aromatic rings. The van der Waals surface area contributed by atoms with Gasteiger partial charge in [-0.15, -0.1) is 0 Å². The van der Waals surface area contributed by atoms with Crippen LogP contribution in [0.3, 0.4) is 0 Å². The number of fused-ring (bicyclic) bond motifs is 1. The molecular formula is C14H14BN3O5. The van der Waals surface area contributed by atoms with Crippen molar-refractivity contribution < 1.29 is 24.3 Å². The number of ether oxygens (including phenoxy) is 1. The van der Waals surface area contributed by atoms with Crippen LogP contribution in [0.5, 0.6) is 11.6 Å². The van der Waals surface area contributed by atoms with Gasteiger partial charge in [-0.1, -0.05) is 0 Å². The van der Waals surface area contributed by atoms with Crippen molar-refractivity contribution in [2.75, 3.05) is 5.73 Å². The topological polar surface area (TPSA) is 128 Å². The summed E-state index contributed by atoms with van der Waals surface area (Å²) in [7, 11) is -1.19. The highest BCUT2D eigenvalue weighted by atomic mass is 16.5. The molecule has 2 heterocycles. The standard InChI is InChI=1S/C14H14BN3O5/c1-7-2-8(22-12-6-17-11(16)5-18-12)3-9-14(7)10(4-13(19)20)23-15(9)21/h2-3,5-6,10,21H,4H2,1H3,(H2,16,17)(H,19,20). The van der Waals surface area contributed by atoms with Gasteiger partial charge < -0.3 is 25.3 Å².